The lowest BCUT2D eigenvalue weighted by atomic mass is 10.0. The van der Waals surface area contributed by atoms with Gasteiger partial charge in [0.15, 0.2) is 0 Å². The molecular weight excluding hydrogens is 879 g/mol. The van der Waals surface area contributed by atoms with Gasteiger partial charge in [-0.25, -0.2) is 28.7 Å². The van der Waals surface area contributed by atoms with Gasteiger partial charge >= 0.3 is 0 Å². The van der Waals surface area contributed by atoms with Crippen LogP contribution in [0.5, 0.6) is 5.75 Å². The predicted molar refractivity (Wildman–Crippen MR) is 253 cm³/mol. The fourth-order valence-electron chi connectivity index (χ4n) is 7.15. The first-order valence-corrected chi connectivity index (χ1v) is 21.4. The second kappa shape index (κ2) is 19.1. The summed E-state index contributed by atoms with van der Waals surface area (Å²) in [5, 5.41) is 56.4. The molecule has 352 valence electrons. The molecule has 0 saturated carbocycles. The van der Waals surface area contributed by atoms with Crippen LogP contribution in [-0.2, 0) is 4.79 Å². The average Bonchev–Trinajstić information content (AvgIpc) is 3.87. The smallest absolute Gasteiger partial charge is 0.255 e. The summed E-state index contributed by atoms with van der Waals surface area (Å²) in [6.07, 6.45) is 5.41. The van der Waals surface area contributed by atoms with Gasteiger partial charge in [-0.1, -0.05) is 0 Å². The molecular formula is C48H50F2N12O6. The van der Waals surface area contributed by atoms with Crippen LogP contribution in [0, 0.1) is 11.3 Å². The molecule has 6 aromatic heterocycles. The van der Waals surface area contributed by atoms with Gasteiger partial charge in [0.05, 0.1) is 64.2 Å². The van der Waals surface area contributed by atoms with Crippen LogP contribution in [0.3, 0.4) is 0 Å². The first kappa shape index (κ1) is 47.9. The monoisotopic (exact) mass is 928 g/mol. The molecule has 2 atom stereocenters. The number of fused-ring (bicyclic) bond motifs is 2. The van der Waals surface area contributed by atoms with Gasteiger partial charge in [-0.2, -0.15) is 5.26 Å². The quantitative estimate of drug-likeness (QED) is 0.0509. The minimum absolute atomic E-state index is 0.00529. The van der Waals surface area contributed by atoms with E-state index in [9.17, 15) is 43.7 Å². The number of aromatic nitrogens is 6. The fourth-order valence-corrected chi connectivity index (χ4v) is 7.15. The third kappa shape index (κ3) is 10.6. The molecule has 0 aliphatic carbocycles. The highest BCUT2D eigenvalue weighted by Crippen LogP contribution is 2.38. The van der Waals surface area contributed by atoms with E-state index in [-0.39, 0.29) is 34.5 Å². The lowest BCUT2D eigenvalue weighted by Crippen LogP contribution is -2.42. The van der Waals surface area contributed by atoms with Crippen LogP contribution in [0.2, 0.25) is 0 Å². The van der Waals surface area contributed by atoms with Crippen molar-refractivity contribution < 1.29 is 38.5 Å². The molecule has 6 heterocycles. The van der Waals surface area contributed by atoms with Gasteiger partial charge in [0.1, 0.15) is 47.1 Å². The number of carbonyl (C=O) groups excluding carboxylic acids is 3. The first-order chi connectivity index (χ1) is 32.1. The number of halogens is 2. The predicted octanol–water partition coefficient (Wildman–Crippen LogP) is 6.60. The van der Waals surface area contributed by atoms with Gasteiger partial charge in [-0.05, 0) is 77.4 Å². The maximum absolute atomic E-state index is 14.8. The molecule has 0 fully saturated rings. The Labute approximate surface area is 389 Å². The van der Waals surface area contributed by atoms with E-state index in [1.54, 1.807) is 57.9 Å². The van der Waals surface area contributed by atoms with Crippen molar-refractivity contribution in [3.8, 4) is 34.6 Å². The van der Waals surface area contributed by atoms with Gasteiger partial charge in [0.25, 0.3) is 11.8 Å². The lowest BCUT2D eigenvalue weighted by molar-refractivity contribution is -0.114. The Morgan fingerprint density at radius 2 is 1.37 bits per heavy atom. The first-order valence-electron chi connectivity index (χ1n) is 21.4. The van der Waals surface area contributed by atoms with Gasteiger partial charge in [0.2, 0.25) is 5.91 Å². The molecule has 3 amide bonds. The molecule has 18 nitrogen and oxygen atoms in total. The zero-order valence-electron chi connectivity index (χ0n) is 38.2. The van der Waals surface area contributed by atoms with Gasteiger partial charge in [-0.15, -0.1) is 0 Å². The Kier molecular flexibility index (Phi) is 13.4. The number of nitrogens with one attached hydrogen (secondary N) is 5. The number of hydrogen-bond donors (Lipinski definition) is 8. The normalized spacial score (nSPS) is 12.7. The Balaban J connectivity index is 1.32. The zero-order chi connectivity index (χ0) is 49.2. The highest BCUT2D eigenvalue weighted by molar-refractivity contribution is 6.02. The highest BCUT2D eigenvalue weighted by Gasteiger charge is 2.29. The molecule has 68 heavy (non-hydrogen) atoms. The van der Waals surface area contributed by atoms with E-state index in [1.807, 2.05) is 13.8 Å². The standard InChI is InChI=1S/C48H50F2N12O6/c1-25(2)58-37-15-42(53-20-34(37)45(65)56-22-39(49)47(4,5)67)62-24-36(33-14-31(59-26(3)63)19-55-44(33)62)29-11-30(13-32(64)12-29)60-38-16-41(61-9-8-28-10-27(17-51)18-54-43(28)61)52-21-35(38)46(66)57-23-40(50)48(6,7)68/h8-16,18-21,24-25,39-40,64,67-68H,22-23H2,1-7H3,(H,52,60)(H,53,58)(H,56,65)(H,57,66)(H,59,63). The van der Waals surface area contributed by atoms with Crippen molar-refractivity contribution in [2.45, 2.75) is 78.1 Å². The summed E-state index contributed by atoms with van der Waals surface area (Å²) in [6, 6.07) is 14.9. The summed E-state index contributed by atoms with van der Waals surface area (Å²) in [5.74, 6) is -1.23. The highest BCUT2D eigenvalue weighted by atomic mass is 19.1. The third-order valence-electron chi connectivity index (χ3n) is 10.7. The van der Waals surface area contributed by atoms with E-state index in [2.05, 4.69) is 52.6 Å². The molecule has 7 rings (SSSR count). The van der Waals surface area contributed by atoms with Crippen molar-refractivity contribution >= 4 is 62.5 Å². The molecule has 0 saturated heterocycles. The largest absolute Gasteiger partial charge is 0.508 e. The number of phenols is 1. The second-order valence-corrected chi connectivity index (χ2v) is 17.7. The molecule has 1 aromatic carbocycles. The molecule has 7 aromatic rings. The van der Waals surface area contributed by atoms with E-state index < -0.39 is 48.4 Å². The summed E-state index contributed by atoms with van der Waals surface area (Å²) in [6.45, 7) is 9.36. The number of nitrogens with zero attached hydrogens (tertiary/aromatic N) is 7. The molecule has 0 radical (unpaired) electrons. The van der Waals surface area contributed by atoms with Crippen LogP contribution in [0.4, 0.5) is 31.5 Å². The fraction of sp³-hybridized carbons (Fsp3) is 0.292. The Bertz CT molecular complexity index is 3110. The summed E-state index contributed by atoms with van der Waals surface area (Å²) in [5.41, 5.74) is 0.114. The topological polar surface area (TPSA) is 257 Å². The van der Waals surface area contributed by atoms with E-state index in [1.165, 1.54) is 71.5 Å². The van der Waals surface area contributed by atoms with Crippen molar-refractivity contribution in [2.75, 3.05) is 29.0 Å². The average molecular weight is 929 g/mol. The molecule has 0 spiro atoms. The Morgan fingerprint density at radius 1 is 0.765 bits per heavy atom. The van der Waals surface area contributed by atoms with Gasteiger partial charge in [-0.3, -0.25) is 23.5 Å². The number of anilines is 4. The van der Waals surface area contributed by atoms with E-state index >= 15 is 0 Å². The van der Waals surface area contributed by atoms with Crippen molar-refractivity contribution in [1.82, 2.24) is 39.7 Å². The minimum atomic E-state index is -1.80. The number of aliphatic hydroxyl groups is 2. The molecule has 0 aliphatic rings. The second-order valence-electron chi connectivity index (χ2n) is 17.7. The molecule has 8 N–H and O–H groups in total. The lowest BCUT2D eigenvalue weighted by Gasteiger charge is -2.23. The van der Waals surface area contributed by atoms with E-state index in [0.29, 0.717) is 67.5 Å². The number of nitriles is 1. The van der Waals surface area contributed by atoms with Crippen LogP contribution in [0.15, 0.2) is 85.7 Å². The SMILES string of the molecule is CC(=O)Nc1cnc2c(c1)c(-c1cc(O)cc(Nc3cc(-n4ccc5cc(C#N)cnc54)ncc3C(=O)NCC(F)C(C)(C)O)c1)cn2-c1cc(NC(C)C)c(C(=O)NCC(F)C(C)(C)O)cn1. The summed E-state index contributed by atoms with van der Waals surface area (Å²) >= 11 is 0. The summed E-state index contributed by atoms with van der Waals surface area (Å²) < 4.78 is 32.8. The van der Waals surface area contributed by atoms with Crippen molar-refractivity contribution in [3.05, 3.63) is 102 Å². The van der Waals surface area contributed by atoms with Gasteiger partial charge < -0.3 is 41.9 Å². The van der Waals surface area contributed by atoms with Crippen LogP contribution in [0.1, 0.15) is 74.7 Å². The number of alkyl halides is 2. The summed E-state index contributed by atoms with van der Waals surface area (Å²) in [4.78, 5) is 57.5. The number of carbonyl (C=O) groups is 3. The van der Waals surface area contributed by atoms with Crippen LogP contribution in [0.25, 0.3) is 44.8 Å². The van der Waals surface area contributed by atoms with Crippen molar-refractivity contribution in [2.24, 2.45) is 0 Å². The number of amides is 3. The van der Waals surface area contributed by atoms with Gasteiger partial charge in [0, 0.05) is 84.2 Å². The van der Waals surface area contributed by atoms with Crippen molar-refractivity contribution in [3.63, 3.8) is 0 Å². The number of hydrogen-bond acceptors (Lipinski definition) is 13. The van der Waals surface area contributed by atoms with Crippen LogP contribution < -0.4 is 26.6 Å². The van der Waals surface area contributed by atoms with Crippen LogP contribution in [-0.4, -0.2) is 105 Å². The molecule has 0 bridgehead atoms. The van der Waals surface area contributed by atoms with E-state index in [0.717, 1.165) is 0 Å². The maximum Gasteiger partial charge on any atom is 0.255 e. The van der Waals surface area contributed by atoms with Crippen LogP contribution >= 0.6 is 0 Å². The molecule has 20 heteroatoms. The third-order valence-corrected chi connectivity index (χ3v) is 10.7. The number of benzene rings is 1. The number of phenolic OH excluding ortho intramolecular Hbond substituents is 1. The number of aromatic hydroxyl groups is 1. The Hall–Kier alpha value is -8.02. The number of rotatable bonds is 16. The summed E-state index contributed by atoms with van der Waals surface area (Å²) in [7, 11) is 0. The maximum atomic E-state index is 14.8. The van der Waals surface area contributed by atoms with Crippen molar-refractivity contribution in [1.29, 1.82) is 5.26 Å². The minimum Gasteiger partial charge on any atom is -0.508 e. The number of pyridine rings is 4. The molecule has 0 aliphatic heterocycles. The Morgan fingerprint density at radius 3 is 1.97 bits per heavy atom. The molecule has 2 unspecified atom stereocenters. The zero-order valence-corrected chi connectivity index (χ0v) is 38.2. The van der Waals surface area contributed by atoms with E-state index in [4.69, 9.17) is 0 Å².